The van der Waals surface area contributed by atoms with Crippen molar-refractivity contribution in [3.8, 4) is 0 Å². The zero-order chi connectivity index (χ0) is 15.9. The SMILES string of the molecule is CCN(CC)C(=O)Nc1ccc(CN2CCN(C)CC2)cc1. The fraction of sp³-hybridized carbons (Fsp3) is 0.588. The van der Waals surface area contributed by atoms with Crippen LogP contribution in [0.15, 0.2) is 24.3 Å². The number of benzene rings is 1. The minimum atomic E-state index is -0.0307. The van der Waals surface area contributed by atoms with Crippen LogP contribution in [0.4, 0.5) is 10.5 Å². The van der Waals surface area contributed by atoms with E-state index in [0.29, 0.717) is 0 Å². The lowest BCUT2D eigenvalue weighted by Gasteiger charge is -2.32. The van der Waals surface area contributed by atoms with Gasteiger partial charge in [-0.05, 0) is 38.6 Å². The molecule has 0 saturated carbocycles. The van der Waals surface area contributed by atoms with Gasteiger partial charge in [-0.15, -0.1) is 0 Å². The van der Waals surface area contributed by atoms with Crippen LogP contribution in [0.25, 0.3) is 0 Å². The fourth-order valence-electron chi connectivity index (χ4n) is 2.67. The predicted octanol–water partition coefficient (Wildman–Crippen LogP) is 2.31. The van der Waals surface area contributed by atoms with E-state index in [1.54, 1.807) is 4.90 Å². The summed E-state index contributed by atoms with van der Waals surface area (Å²) in [6, 6.07) is 8.17. The van der Waals surface area contributed by atoms with Gasteiger partial charge in [0.05, 0.1) is 0 Å². The van der Waals surface area contributed by atoms with Crippen LogP contribution in [0.1, 0.15) is 19.4 Å². The lowest BCUT2D eigenvalue weighted by atomic mass is 10.2. The number of anilines is 1. The van der Waals surface area contributed by atoms with Crippen molar-refractivity contribution in [2.24, 2.45) is 0 Å². The summed E-state index contributed by atoms with van der Waals surface area (Å²) in [6.45, 7) is 10.9. The van der Waals surface area contributed by atoms with Crippen molar-refractivity contribution in [1.82, 2.24) is 14.7 Å². The molecule has 2 amide bonds. The van der Waals surface area contributed by atoms with Crippen molar-refractivity contribution in [2.75, 3.05) is 51.6 Å². The van der Waals surface area contributed by atoms with Gasteiger partial charge in [0.2, 0.25) is 0 Å². The number of likely N-dealkylation sites (N-methyl/N-ethyl adjacent to an activating group) is 1. The number of hydrogen-bond donors (Lipinski definition) is 1. The summed E-state index contributed by atoms with van der Waals surface area (Å²) in [6.07, 6.45) is 0. The summed E-state index contributed by atoms with van der Waals surface area (Å²) in [5.41, 5.74) is 2.16. The predicted molar refractivity (Wildman–Crippen MR) is 91.2 cm³/mol. The number of urea groups is 1. The Bertz CT molecular complexity index is 462. The number of nitrogens with zero attached hydrogens (tertiary/aromatic N) is 3. The molecule has 1 fully saturated rings. The zero-order valence-corrected chi connectivity index (χ0v) is 14.0. The highest BCUT2D eigenvalue weighted by atomic mass is 16.2. The van der Waals surface area contributed by atoms with Crippen molar-refractivity contribution < 1.29 is 4.79 Å². The molecule has 1 saturated heterocycles. The maximum absolute atomic E-state index is 12.0. The molecule has 0 unspecified atom stereocenters. The number of amides is 2. The molecule has 0 radical (unpaired) electrons. The van der Waals surface area contributed by atoms with Crippen molar-refractivity contribution in [2.45, 2.75) is 20.4 Å². The molecule has 0 spiro atoms. The quantitative estimate of drug-likeness (QED) is 0.907. The number of carbonyl (C=O) groups excluding carboxylic acids is 1. The third-order valence-corrected chi connectivity index (χ3v) is 4.26. The summed E-state index contributed by atoms with van der Waals surface area (Å²) in [5, 5.41) is 2.95. The summed E-state index contributed by atoms with van der Waals surface area (Å²) in [4.78, 5) is 18.6. The standard InChI is InChI=1S/C17H28N4O/c1-4-21(5-2)17(22)18-16-8-6-15(7-9-16)14-20-12-10-19(3)11-13-20/h6-9H,4-5,10-14H2,1-3H3,(H,18,22). The topological polar surface area (TPSA) is 38.8 Å². The minimum Gasteiger partial charge on any atom is -0.325 e. The Labute approximate surface area is 133 Å². The molecular formula is C17H28N4O. The molecule has 1 aromatic carbocycles. The van der Waals surface area contributed by atoms with Crippen LogP contribution < -0.4 is 5.32 Å². The Morgan fingerprint density at radius 3 is 2.23 bits per heavy atom. The zero-order valence-electron chi connectivity index (χ0n) is 14.0. The van der Waals surface area contributed by atoms with Gasteiger partial charge in [-0.25, -0.2) is 4.79 Å². The first-order valence-corrected chi connectivity index (χ1v) is 8.18. The molecule has 1 aliphatic rings. The minimum absolute atomic E-state index is 0.0307. The maximum Gasteiger partial charge on any atom is 0.321 e. The van der Waals surface area contributed by atoms with Crippen molar-refractivity contribution in [1.29, 1.82) is 0 Å². The maximum atomic E-state index is 12.0. The summed E-state index contributed by atoms with van der Waals surface area (Å²) in [7, 11) is 2.17. The Kier molecular flexibility index (Phi) is 6.21. The molecule has 1 N–H and O–H groups in total. The number of nitrogens with one attached hydrogen (secondary N) is 1. The van der Waals surface area contributed by atoms with E-state index in [4.69, 9.17) is 0 Å². The lowest BCUT2D eigenvalue weighted by Crippen LogP contribution is -2.43. The summed E-state index contributed by atoms with van der Waals surface area (Å²) < 4.78 is 0. The average molecular weight is 304 g/mol. The van der Waals surface area contributed by atoms with Crippen LogP contribution in [0.3, 0.4) is 0 Å². The molecule has 5 nitrogen and oxygen atoms in total. The summed E-state index contributed by atoms with van der Waals surface area (Å²) in [5.74, 6) is 0. The molecular weight excluding hydrogens is 276 g/mol. The largest absolute Gasteiger partial charge is 0.325 e. The van der Waals surface area contributed by atoms with Gasteiger partial charge >= 0.3 is 6.03 Å². The molecule has 0 aliphatic carbocycles. The summed E-state index contributed by atoms with van der Waals surface area (Å²) >= 11 is 0. The van der Waals surface area contributed by atoms with E-state index < -0.39 is 0 Å². The second-order valence-electron chi connectivity index (χ2n) is 5.88. The van der Waals surface area contributed by atoms with Crippen LogP contribution >= 0.6 is 0 Å². The Balaban J connectivity index is 1.86. The van der Waals surface area contributed by atoms with E-state index in [0.717, 1.165) is 51.5 Å². The van der Waals surface area contributed by atoms with Gasteiger partial charge in [-0.2, -0.15) is 0 Å². The van der Waals surface area contributed by atoms with Crippen LogP contribution in [0.2, 0.25) is 0 Å². The van der Waals surface area contributed by atoms with E-state index >= 15 is 0 Å². The first kappa shape index (κ1) is 16.8. The van der Waals surface area contributed by atoms with Gasteiger partial charge in [0.15, 0.2) is 0 Å². The smallest absolute Gasteiger partial charge is 0.321 e. The van der Waals surface area contributed by atoms with E-state index in [-0.39, 0.29) is 6.03 Å². The van der Waals surface area contributed by atoms with Gasteiger partial charge in [-0.3, -0.25) is 4.90 Å². The highest BCUT2D eigenvalue weighted by Gasteiger charge is 2.14. The van der Waals surface area contributed by atoms with E-state index in [2.05, 4.69) is 34.3 Å². The van der Waals surface area contributed by atoms with E-state index in [1.165, 1.54) is 5.56 Å². The normalized spacial score (nSPS) is 16.5. The van der Waals surface area contributed by atoms with Crippen LogP contribution in [0, 0.1) is 0 Å². The highest BCUT2D eigenvalue weighted by molar-refractivity contribution is 5.89. The molecule has 0 atom stereocenters. The molecule has 0 bridgehead atoms. The lowest BCUT2D eigenvalue weighted by molar-refractivity contribution is 0.148. The molecule has 122 valence electrons. The molecule has 1 aromatic rings. The van der Waals surface area contributed by atoms with Gasteiger partial charge in [0.1, 0.15) is 0 Å². The molecule has 2 rings (SSSR count). The number of carbonyl (C=O) groups is 1. The molecule has 22 heavy (non-hydrogen) atoms. The van der Waals surface area contributed by atoms with Crippen molar-refractivity contribution in [3.05, 3.63) is 29.8 Å². The van der Waals surface area contributed by atoms with Crippen LogP contribution in [0.5, 0.6) is 0 Å². The van der Waals surface area contributed by atoms with E-state index in [1.807, 2.05) is 26.0 Å². The number of piperazine rings is 1. The third-order valence-electron chi connectivity index (χ3n) is 4.26. The average Bonchev–Trinajstić information content (AvgIpc) is 2.53. The van der Waals surface area contributed by atoms with Gasteiger partial charge in [-0.1, -0.05) is 12.1 Å². The monoisotopic (exact) mass is 304 g/mol. The Morgan fingerprint density at radius 2 is 1.68 bits per heavy atom. The number of hydrogen-bond acceptors (Lipinski definition) is 3. The molecule has 1 aliphatic heterocycles. The Morgan fingerprint density at radius 1 is 1.09 bits per heavy atom. The second-order valence-corrected chi connectivity index (χ2v) is 5.88. The number of rotatable bonds is 5. The first-order valence-electron chi connectivity index (χ1n) is 8.18. The third kappa shape index (κ3) is 4.71. The second kappa shape index (κ2) is 8.15. The van der Waals surface area contributed by atoms with Gasteiger partial charge in [0.25, 0.3) is 0 Å². The Hall–Kier alpha value is -1.59. The van der Waals surface area contributed by atoms with Crippen molar-refractivity contribution >= 4 is 11.7 Å². The van der Waals surface area contributed by atoms with Crippen molar-refractivity contribution in [3.63, 3.8) is 0 Å². The van der Waals surface area contributed by atoms with E-state index in [9.17, 15) is 4.79 Å². The molecule has 5 heteroatoms. The molecule has 1 heterocycles. The highest BCUT2D eigenvalue weighted by Crippen LogP contribution is 2.13. The fourth-order valence-corrected chi connectivity index (χ4v) is 2.67. The van der Waals surface area contributed by atoms with Crippen LogP contribution in [-0.2, 0) is 6.54 Å². The van der Waals surface area contributed by atoms with Gasteiger partial charge in [0, 0.05) is 51.5 Å². The van der Waals surface area contributed by atoms with Crippen LogP contribution in [-0.4, -0.2) is 67.0 Å². The molecule has 0 aromatic heterocycles. The first-order chi connectivity index (χ1) is 10.6. The van der Waals surface area contributed by atoms with Gasteiger partial charge < -0.3 is 15.1 Å².